The summed E-state index contributed by atoms with van der Waals surface area (Å²) < 4.78 is 7.48. The van der Waals surface area contributed by atoms with E-state index in [9.17, 15) is 9.90 Å². The van der Waals surface area contributed by atoms with Gasteiger partial charge in [-0.2, -0.15) is 10.1 Å². The second-order valence-corrected chi connectivity index (χ2v) is 9.11. The summed E-state index contributed by atoms with van der Waals surface area (Å²) in [6, 6.07) is 11.7. The van der Waals surface area contributed by atoms with Gasteiger partial charge in [-0.3, -0.25) is 19.4 Å². The Kier molecular flexibility index (Phi) is 4.98. The zero-order valence-electron chi connectivity index (χ0n) is 19.2. The van der Waals surface area contributed by atoms with Gasteiger partial charge in [-0.25, -0.2) is 0 Å². The average Bonchev–Trinajstić information content (AvgIpc) is 3.80. The number of benzene rings is 1. The fourth-order valence-corrected chi connectivity index (χ4v) is 4.17. The second-order valence-electron chi connectivity index (χ2n) is 9.11. The quantitative estimate of drug-likeness (QED) is 0.392. The van der Waals surface area contributed by atoms with Crippen molar-refractivity contribution in [1.82, 2.24) is 24.7 Å². The van der Waals surface area contributed by atoms with Crippen LogP contribution >= 0.6 is 0 Å². The van der Waals surface area contributed by atoms with E-state index in [1.165, 1.54) is 0 Å². The van der Waals surface area contributed by atoms with Gasteiger partial charge in [0, 0.05) is 18.8 Å². The Morgan fingerprint density at radius 1 is 1.06 bits per heavy atom. The van der Waals surface area contributed by atoms with E-state index in [2.05, 4.69) is 25.4 Å². The number of aliphatic carboxylic acids is 1. The van der Waals surface area contributed by atoms with Gasteiger partial charge >= 0.3 is 5.97 Å². The highest BCUT2D eigenvalue weighted by Gasteiger charge is 2.51. The zero-order chi connectivity index (χ0) is 24.0. The lowest BCUT2D eigenvalue weighted by Gasteiger charge is -2.11. The van der Waals surface area contributed by atoms with Crippen LogP contribution in [0.15, 0.2) is 61.2 Å². The standard InChI is InChI=1S/C26H24N6O3/c1-32-24(31-22-14-27-15-23(30-22)35-19-7-8-19)20(13-29-32)21-9-4-17(12-28-21)16-2-5-18(6-3-16)26(10-11-26)25(33)34/h2-6,9,12-15,19H,7-8,10-11H2,1H3,(H,30,31)(H,33,34). The van der Waals surface area contributed by atoms with Crippen LogP contribution < -0.4 is 10.1 Å². The molecule has 3 heterocycles. The highest BCUT2D eigenvalue weighted by molar-refractivity contribution is 5.85. The maximum atomic E-state index is 11.6. The number of nitrogens with one attached hydrogen (secondary N) is 1. The van der Waals surface area contributed by atoms with Crippen LogP contribution in [0, 0.1) is 0 Å². The maximum Gasteiger partial charge on any atom is 0.314 e. The van der Waals surface area contributed by atoms with Crippen molar-refractivity contribution in [2.45, 2.75) is 37.2 Å². The lowest BCUT2D eigenvalue weighted by Crippen LogP contribution is -2.19. The average molecular weight is 469 g/mol. The van der Waals surface area contributed by atoms with Gasteiger partial charge < -0.3 is 15.2 Å². The van der Waals surface area contributed by atoms with Crippen LogP contribution in [-0.4, -0.2) is 41.9 Å². The Labute approximate surface area is 201 Å². The van der Waals surface area contributed by atoms with Crippen LogP contribution in [0.2, 0.25) is 0 Å². The number of carboxylic acids is 1. The number of nitrogens with zero attached hydrogens (tertiary/aromatic N) is 5. The predicted octanol–water partition coefficient (Wildman–Crippen LogP) is 4.34. The molecule has 0 amide bonds. The van der Waals surface area contributed by atoms with Gasteiger partial charge in [0.05, 0.1) is 35.3 Å². The van der Waals surface area contributed by atoms with E-state index < -0.39 is 11.4 Å². The SMILES string of the molecule is Cn1ncc(-c2ccc(-c3ccc(C4(C(=O)O)CC4)cc3)cn2)c1Nc1cncc(OC2CC2)n1. The molecule has 0 radical (unpaired) electrons. The summed E-state index contributed by atoms with van der Waals surface area (Å²) in [5, 5.41) is 17.2. The normalized spacial score (nSPS) is 16.0. The molecule has 1 aromatic carbocycles. The number of anilines is 2. The number of carboxylic acid groups (broad SMARTS) is 1. The predicted molar refractivity (Wildman–Crippen MR) is 129 cm³/mol. The van der Waals surface area contributed by atoms with Gasteiger partial charge in [-0.1, -0.05) is 30.3 Å². The molecule has 0 saturated heterocycles. The molecule has 0 bridgehead atoms. The van der Waals surface area contributed by atoms with Crippen molar-refractivity contribution in [2.24, 2.45) is 7.05 Å². The minimum Gasteiger partial charge on any atom is -0.481 e. The van der Waals surface area contributed by atoms with Gasteiger partial charge in [-0.15, -0.1) is 0 Å². The largest absolute Gasteiger partial charge is 0.481 e. The molecule has 0 unspecified atom stereocenters. The van der Waals surface area contributed by atoms with Gasteiger partial charge in [-0.05, 0) is 42.9 Å². The van der Waals surface area contributed by atoms with E-state index in [0.717, 1.165) is 46.6 Å². The first-order chi connectivity index (χ1) is 17.0. The van der Waals surface area contributed by atoms with Crippen molar-refractivity contribution in [3.63, 3.8) is 0 Å². The van der Waals surface area contributed by atoms with Crippen molar-refractivity contribution in [1.29, 1.82) is 0 Å². The lowest BCUT2D eigenvalue weighted by atomic mass is 9.94. The number of aromatic nitrogens is 5. The molecule has 176 valence electrons. The minimum atomic E-state index is -0.745. The summed E-state index contributed by atoms with van der Waals surface area (Å²) in [6.07, 6.45) is 10.6. The van der Waals surface area contributed by atoms with E-state index >= 15 is 0 Å². The van der Waals surface area contributed by atoms with Crippen molar-refractivity contribution in [3.05, 3.63) is 66.7 Å². The fourth-order valence-electron chi connectivity index (χ4n) is 4.17. The first kappa shape index (κ1) is 21.3. The zero-order valence-corrected chi connectivity index (χ0v) is 19.2. The molecule has 2 aliphatic rings. The van der Waals surface area contributed by atoms with Gasteiger partial charge in [0.25, 0.3) is 0 Å². The maximum absolute atomic E-state index is 11.6. The summed E-state index contributed by atoms with van der Waals surface area (Å²) in [6.45, 7) is 0. The molecule has 2 fully saturated rings. The monoisotopic (exact) mass is 468 g/mol. The summed E-state index contributed by atoms with van der Waals surface area (Å²) in [5.41, 5.74) is 3.71. The molecule has 0 aliphatic heterocycles. The molecule has 0 atom stereocenters. The lowest BCUT2D eigenvalue weighted by molar-refractivity contribution is -0.140. The molecule has 2 N–H and O–H groups in total. The molecule has 6 rings (SSSR count). The molecule has 9 heteroatoms. The first-order valence-electron chi connectivity index (χ1n) is 11.6. The number of aryl methyl sites for hydroxylation is 1. The smallest absolute Gasteiger partial charge is 0.314 e. The molecular formula is C26H24N6O3. The Morgan fingerprint density at radius 3 is 2.49 bits per heavy atom. The number of hydrogen-bond acceptors (Lipinski definition) is 7. The van der Waals surface area contributed by atoms with Gasteiger partial charge in [0.1, 0.15) is 11.9 Å². The molecule has 9 nitrogen and oxygen atoms in total. The number of pyridine rings is 1. The van der Waals surface area contributed by atoms with Crippen molar-refractivity contribution in [3.8, 4) is 28.3 Å². The Bertz CT molecular complexity index is 1390. The first-order valence-corrected chi connectivity index (χ1v) is 11.6. The van der Waals surface area contributed by atoms with E-state index in [4.69, 9.17) is 4.74 Å². The summed E-state index contributed by atoms with van der Waals surface area (Å²) in [5.74, 6) is 1.08. The van der Waals surface area contributed by atoms with Crippen LogP contribution in [0.3, 0.4) is 0 Å². The highest BCUT2D eigenvalue weighted by Crippen LogP contribution is 2.48. The van der Waals surface area contributed by atoms with Crippen LogP contribution in [-0.2, 0) is 17.3 Å². The summed E-state index contributed by atoms with van der Waals surface area (Å²) in [4.78, 5) is 25.0. The number of carbonyl (C=O) groups is 1. The summed E-state index contributed by atoms with van der Waals surface area (Å²) >= 11 is 0. The van der Waals surface area contributed by atoms with Gasteiger partial charge in [0.15, 0.2) is 5.82 Å². The molecular weight excluding hydrogens is 444 g/mol. The number of hydrogen-bond donors (Lipinski definition) is 2. The minimum absolute atomic E-state index is 0.248. The van der Waals surface area contributed by atoms with Crippen molar-refractivity contribution < 1.29 is 14.6 Å². The van der Waals surface area contributed by atoms with Crippen LogP contribution in [0.1, 0.15) is 31.2 Å². The van der Waals surface area contributed by atoms with Crippen LogP contribution in [0.4, 0.5) is 11.6 Å². The highest BCUT2D eigenvalue weighted by atomic mass is 16.5. The third-order valence-electron chi connectivity index (χ3n) is 6.58. The molecule has 0 spiro atoms. The fraction of sp³-hybridized carbons (Fsp3) is 0.269. The Balaban J connectivity index is 1.22. The molecule has 35 heavy (non-hydrogen) atoms. The van der Waals surface area contributed by atoms with E-state index in [1.54, 1.807) is 23.3 Å². The third kappa shape index (κ3) is 4.09. The second kappa shape index (κ2) is 8.19. The molecule has 2 aliphatic carbocycles. The van der Waals surface area contributed by atoms with Crippen LogP contribution in [0.5, 0.6) is 5.88 Å². The number of rotatable bonds is 8. The van der Waals surface area contributed by atoms with Crippen LogP contribution in [0.25, 0.3) is 22.4 Å². The topological polar surface area (TPSA) is 115 Å². The molecule has 4 aromatic rings. The number of ether oxygens (including phenoxy) is 1. The van der Waals surface area contributed by atoms with E-state index in [1.807, 2.05) is 49.6 Å². The van der Waals surface area contributed by atoms with Gasteiger partial charge in [0.2, 0.25) is 5.88 Å². The third-order valence-corrected chi connectivity index (χ3v) is 6.58. The van der Waals surface area contributed by atoms with E-state index in [0.29, 0.717) is 24.5 Å². The van der Waals surface area contributed by atoms with Crippen molar-refractivity contribution >= 4 is 17.6 Å². The van der Waals surface area contributed by atoms with Crippen molar-refractivity contribution in [2.75, 3.05) is 5.32 Å². The van der Waals surface area contributed by atoms with E-state index in [-0.39, 0.29) is 6.10 Å². The molecule has 3 aromatic heterocycles. The summed E-state index contributed by atoms with van der Waals surface area (Å²) in [7, 11) is 1.85. The Morgan fingerprint density at radius 2 is 1.83 bits per heavy atom. The Hall–Kier alpha value is -4.27. The molecule has 2 saturated carbocycles.